The van der Waals surface area contributed by atoms with Crippen molar-refractivity contribution in [3.8, 4) is 17.4 Å². The summed E-state index contributed by atoms with van der Waals surface area (Å²) in [5, 5.41) is 23.0. The molecule has 0 radical (unpaired) electrons. The molecule has 0 aliphatic heterocycles. The van der Waals surface area contributed by atoms with Gasteiger partial charge in [0.05, 0.1) is 32.1 Å². The van der Waals surface area contributed by atoms with Crippen LogP contribution in [0.1, 0.15) is 12.5 Å². The van der Waals surface area contributed by atoms with E-state index in [1.54, 1.807) is 43.9 Å². The van der Waals surface area contributed by atoms with Gasteiger partial charge < -0.3 is 19.4 Å². The van der Waals surface area contributed by atoms with Crippen LogP contribution in [0.4, 0.5) is 5.69 Å². The second-order valence-electron chi connectivity index (χ2n) is 7.45. The quantitative estimate of drug-likeness (QED) is 0.299. The third kappa shape index (κ3) is 5.47. The van der Waals surface area contributed by atoms with E-state index in [9.17, 15) is 9.90 Å². The summed E-state index contributed by atoms with van der Waals surface area (Å²) in [5.41, 5.74) is 2.31. The van der Waals surface area contributed by atoms with Crippen LogP contribution in [0.15, 0.2) is 57.8 Å². The van der Waals surface area contributed by atoms with Gasteiger partial charge in [-0.3, -0.25) is 14.3 Å². The maximum Gasteiger partial charge on any atom is 0.304 e. The zero-order valence-electron chi connectivity index (χ0n) is 19.3. The van der Waals surface area contributed by atoms with Crippen molar-refractivity contribution in [1.29, 1.82) is 0 Å². The Kier molecular flexibility index (Phi) is 7.62. The number of hydrogen-bond acceptors (Lipinski definition) is 8. The number of methoxy groups -OCH3 is 2. The summed E-state index contributed by atoms with van der Waals surface area (Å²) in [7, 11) is 6.88. The number of carbonyl (C=O) groups is 1. The fraction of sp³-hybridized carbons (Fsp3) is 0.304. The lowest BCUT2D eigenvalue weighted by Gasteiger charge is -2.12. The van der Waals surface area contributed by atoms with Crippen molar-refractivity contribution in [2.75, 3.05) is 34.9 Å². The van der Waals surface area contributed by atoms with Crippen molar-refractivity contribution in [2.24, 2.45) is 15.4 Å². The van der Waals surface area contributed by atoms with Crippen LogP contribution in [-0.2, 0) is 16.3 Å². The van der Waals surface area contributed by atoms with E-state index in [1.807, 2.05) is 43.3 Å². The molecule has 3 rings (SSSR count). The number of hydrogen-bond donors (Lipinski definition) is 1. The predicted octanol–water partition coefficient (Wildman–Crippen LogP) is 3.93. The maximum absolute atomic E-state index is 12.2. The van der Waals surface area contributed by atoms with Crippen molar-refractivity contribution in [3.05, 3.63) is 48.0 Å². The van der Waals surface area contributed by atoms with E-state index in [0.717, 1.165) is 11.1 Å². The van der Waals surface area contributed by atoms with Crippen LogP contribution >= 0.6 is 0 Å². The molecular weight excluding hydrogens is 426 g/mol. The molecule has 0 bridgehead atoms. The van der Waals surface area contributed by atoms with Gasteiger partial charge in [0, 0.05) is 10.9 Å². The highest BCUT2D eigenvalue weighted by atomic mass is 16.6. The van der Waals surface area contributed by atoms with Crippen molar-refractivity contribution < 1.29 is 24.2 Å². The zero-order valence-corrected chi connectivity index (χ0v) is 19.3. The van der Waals surface area contributed by atoms with Gasteiger partial charge in [0.15, 0.2) is 23.8 Å². The molecule has 1 aromatic heterocycles. The number of aromatic hydroxyl groups is 1. The molecule has 10 nitrogen and oxygen atoms in total. The molecule has 0 aliphatic carbocycles. The van der Waals surface area contributed by atoms with Gasteiger partial charge in [-0.25, -0.2) is 0 Å². The lowest BCUT2D eigenvalue weighted by Crippen LogP contribution is -2.16. The molecule has 0 aliphatic rings. The summed E-state index contributed by atoms with van der Waals surface area (Å²) >= 11 is 0. The number of rotatable bonds is 9. The van der Waals surface area contributed by atoms with Gasteiger partial charge in [-0.2, -0.15) is 0 Å². The minimum absolute atomic E-state index is 0.0651. The third-order valence-corrected chi connectivity index (χ3v) is 4.79. The molecule has 2 aromatic carbocycles. The minimum atomic E-state index is -0.636. The van der Waals surface area contributed by atoms with Crippen molar-refractivity contribution >= 4 is 28.2 Å². The predicted molar refractivity (Wildman–Crippen MR) is 125 cm³/mol. The standard InChI is InChI=1S/C23H27N5O5/c1-15(16-10-11-19(31-4)20(12-16)32-5)26-33-13-21(29)24-25-22-17-8-6-7-9-18(17)28(23(22)30)14-27(2)3/h6-12,30H,13-14H2,1-5H3. The number of ether oxygens (including phenoxy) is 2. The molecule has 174 valence electrons. The van der Waals surface area contributed by atoms with Crippen molar-refractivity contribution in [2.45, 2.75) is 13.6 Å². The molecule has 10 heteroatoms. The van der Waals surface area contributed by atoms with Crippen LogP contribution in [0.25, 0.3) is 10.9 Å². The van der Waals surface area contributed by atoms with Gasteiger partial charge in [-0.15, -0.1) is 10.2 Å². The molecule has 0 spiro atoms. The van der Waals surface area contributed by atoms with Crippen molar-refractivity contribution in [1.82, 2.24) is 9.47 Å². The second-order valence-corrected chi connectivity index (χ2v) is 7.45. The number of aromatic nitrogens is 1. The number of carbonyl (C=O) groups excluding carboxylic acids is 1. The summed E-state index contributed by atoms with van der Waals surface area (Å²) < 4.78 is 12.2. The Bertz CT molecular complexity index is 1200. The highest BCUT2D eigenvalue weighted by molar-refractivity contribution is 5.99. The first kappa shape index (κ1) is 23.7. The Hall–Kier alpha value is -3.92. The molecule has 0 unspecified atom stereocenters. The first-order valence-electron chi connectivity index (χ1n) is 10.1. The van der Waals surface area contributed by atoms with E-state index in [2.05, 4.69) is 15.4 Å². The monoisotopic (exact) mass is 453 g/mol. The third-order valence-electron chi connectivity index (χ3n) is 4.79. The van der Waals surface area contributed by atoms with Crippen LogP contribution in [0.5, 0.6) is 17.4 Å². The Morgan fingerprint density at radius 2 is 1.82 bits per heavy atom. The van der Waals surface area contributed by atoms with Crippen LogP contribution in [0, 0.1) is 0 Å². The molecule has 3 aromatic rings. The first-order chi connectivity index (χ1) is 15.8. The topological polar surface area (TPSA) is 110 Å². The van der Waals surface area contributed by atoms with Crippen LogP contribution < -0.4 is 9.47 Å². The lowest BCUT2D eigenvalue weighted by molar-refractivity contribution is -0.122. The molecular formula is C23H27N5O5. The SMILES string of the molecule is COc1ccc(C(C)=NOCC(=O)N=Nc2c(O)n(CN(C)C)c3ccccc23)cc1OC. The van der Waals surface area contributed by atoms with Crippen LogP contribution in [0.2, 0.25) is 0 Å². The largest absolute Gasteiger partial charge is 0.493 e. The van der Waals surface area contributed by atoms with E-state index >= 15 is 0 Å². The summed E-state index contributed by atoms with van der Waals surface area (Å²) in [6, 6.07) is 12.7. The molecule has 1 amide bonds. The summed E-state index contributed by atoms with van der Waals surface area (Å²) in [4.78, 5) is 19.2. The average Bonchev–Trinajstić information content (AvgIpc) is 3.07. The van der Waals surface area contributed by atoms with Gasteiger partial charge >= 0.3 is 5.91 Å². The minimum Gasteiger partial charge on any atom is -0.493 e. The maximum atomic E-state index is 12.2. The molecule has 33 heavy (non-hydrogen) atoms. The number of benzene rings is 2. The Morgan fingerprint density at radius 3 is 2.52 bits per heavy atom. The lowest BCUT2D eigenvalue weighted by atomic mass is 10.1. The molecule has 1 heterocycles. The highest BCUT2D eigenvalue weighted by Crippen LogP contribution is 2.38. The van der Waals surface area contributed by atoms with E-state index in [-0.39, 0.29) is 11.6 Å². The van der Waals surface area contributed by atoms with E-state index in [0.29, 0.717) is 29.3 Å². The second kappa shape index (κ2) is 10.6. The number of azo groups is 1. The Labute approximate surface area is 191 Å². The zero-order chi connectivity index (χ0) is 24.0. The molecule has 0 saturated carbocycles. The molecule has 1 N–H and O–H groups in total. The number of fused-ring (bicyclic) bond motifs is 1. The van der Waals surface area contributed by atoms with Gasteiger partial charge in [0.2, 0.25) is 5.88 Å². The number of amides is 1. The first-order valence-corrected chi connectivity index (χ1v) is 10.1. The summed E-state index contributed by atoms with van der Waals surface area (Å²) in [5.74, 6) is 0.454. The van der Waals surface area contributed by atoms with Crippen LogP contribution in [0.3, 0.4) is 0 Å². The van der Waals surface area contributed by atoms with Crippen LogP contribution in [-0.4, -0.2) is 61.1 Å². The highest BCUT2D eigenvalue weighted by Gasteiger charge is 2.17. The van der Waals surface area contributed by atoms with E-state index < -0.39 is 12.5 Å². The number of para-hydroxylation sites is 1. The fourth-order valence-corrected chi connectivity index (χ4v) is 3.23. The normalized spacial score (nSPS) is 12.0. The Balaban J connectivity index is 1.70. The number of oxime groups is 1. The smallest absolute Gasteiger partial charge is 0.304 e. The van der Waals surface area contributed by atoms with Crippen molar-refractivity contribution in [3.63, 3.8) is 0 Å². The number of nitrogens with zero attached hydrogens (tertiary/aromatic N) is 5. The van der Waals surface area contributed by atoms with Gasteiger partial charge in [0.1, 0.15) is 0 Å². The summed E-state index contributed by atoms with van der Waals surface area (Å²) in [6.45, 7) is 1.79. The molecule has 0 atom stereocenters. The Morgan fingerprint density at radius 1 is 1.09 bits per heavy atom. The summed E-state index contributed by atoms with van der Waals surface area (Å²) in [6.07, 6.45) is 0. The van der Waals surface area contributed by atoms with E-state index in [4.69, 9.17) is 14.3 Å². The molecule has 0 fully saturated rings. The van der Waals surface area contributed by atoms with E-state index in [1.165, 1.54) is 0 Å². The van der Waals surface area contributed by atoms with Gasteiger partial charge in [-0.1, -0.05) is 23.4 Å². The van der Waals surface area contributed by atoms with Gasteiger partial charge in [0.25, 0.3) is 0 Å². The average molecular weight is 453 g/mol. The molecule has 0 saturated heterocycles. The fourth-order valence-electron chi connectivity index (χ4n) is 3.23. The van der Waals surface area contributed by atoms with Gasteiger partial charge in [-0.05, 0) is 45.3 Å².